The Morgan fingerprint density at radius 1 is 1.53 bits per heavy atom. The molecule has 1 heterocycles. The summed E-state index contributed by atoms with van der Waals surface area (Å²) in [7, 11) is -1.32. The lowest BCUT2D eigenvalue weighted by Gasteiger charge is -2.00. The van der Waals surface area contributed by atoms with Gasteiger partial charge in [0.2, 0.25) is 5.91 Å². The fraction of sp³-hybridized carbons (Fsp3) is 0.333. The van der Waals surface area contributed by atoms with Gasteiger partial charge in [-0.3, -0.25) is 9.00 Å². The first-order chi connectivity index (χ1) is 9.10. The molecule has 7 heteroatoms. The molecular weight excluding hydrogens is 264 g/mol. The predicted molar refractivity (Wildman–Crippen MR) is 75.1 cm³/mol. The van der Waals surface area contributed by atoms with Crippen LogP contribution >= 0.6 is 0 Å². The van der Waals surface area contributed by atoms with Gasteiger partial charge in [0.15, 0.2) is 5.16 Å². The van der Waals surface area contributed by atoms with Gasteiger partial charge in [-0.05, 0) is 25.1 Å². The highest BCUT2D eigenvalue weighted by Gasteiger charge is 2.11. The minimum absolute atomic E-state index is 0.101. The fourth-order valence-electron chi connectivity index (χ4n) is 1.68. The van der Waals surface area contributed by atoms with Crippen LogP contribution in [0, 0.1) is 0 Å². The lowest BCUT2D eigenvalue weighted by atomic mass is 10.3. The van der Waals surface area contributed by atoms with E-state index in [1.807, 2.05) is 6.92 Å². The van der Waals surface area contributed by atoms with Crippen LogP contribution in [0.3, 0.4) is 0 Å². The molecule has 0 aliphatic carbocycles. The van der Waals surface area contributed by atoms with E-state index >= 15 is 0 Å². The number of fused-ring (bicyclic) bond motifs is 1. The number of hydrogen-bond acceptors (Lipinski definition) is 4. The van der Waals surface area contributed by atoms with Crippen molar-refractivity contribution in [3.63, 3.8) is 0 Å². The van der Waals surface area contributed by atoms with E-state index in [4.69, 9.17) is 5.73 Å². The number of rotatable bonds is 5. The van der Waals surface area contributed by atoms with Crippen molar-refractivity contribution in [3.8, 4) is 0 Å². The van der Waals surface area contributed by atoms with Crippen LogP contribution in [-0.2, 0) is 15.6 Å². The minimum atomic E-state index is -1.32. The summed E-state index contributed by atoms with van der Waals surface area (Å²) in [6, 6.07) is 5.25. The molecule has 2 aromatic rings. The zero-order valence-electron chi connectivity index (χ0n) is 10.6. The average molecular weight is 280 g/mol. The molecule has 2 rings (SSSR count). The second-order valence-electron chi connectivity index (χ2n) is 4.07. The van der Waals surface area contributed by atoms with Crippen molar-refractivity contribution in [2.45, 2.75) is 18.5 Å². The Morgan fingerprint density at radius 2 is 2.32 bits per heavy atom. The van der Waals surface area contributed by atoms with Crippen molar-refractivity contribution < 1.29 is 9.00 Å². The number of nitrogen functional groups attached to an aromatic ring is 1. The van der Waals surface area contributed by atoms with Gasteiger partial charge in [-0.15, -0.1) is 0 Å². The number of carbonyl (C=O) groups excluding carboxylic acids is 1. The van der Waals surface area contributed by atoms with Crippen molar-refractivity contribution >= 4 is 33.4 Å². The van der Waals surface area contributed by atoms with Gasteiger partial charge in [0.1, 0.15) is 0 Å². The first kappa shape index (κ1) is 13.5. The number of imidazole rings is 1. The molecule has 6 nitrogen and oxygen atoms in total. The van der Waals surface area contributed by atoms with Crippen LogP contribution in [0.1, 0.15) is 13.3 Å². The fourth-order valence-corrected chi connectivity index (χ4v) is 2.67. The van der Waals surface area contributed by atoms with Gasteiger partial charge in [-0.25, -0.2) is 4.98 Å². The van der Waals surface area contributed by atoms with Gasteiger partial charge >= 0.3 is 0 Å². The number of nitrogens with zero attached hydrogens (tertiary/aromatic N) is 1. The molecule has 0 saturated heterocycles. The van der Waals surface area contributed by atoms with Gasteiger partial charge in [0.05, 0.1) is 21.8 Å². The zero-order chi connectivity index (χ0) is 13.8. The van der Waals surface area contributed by atoms with E-state index in [1.165, 1.54) is 0 Å². The molecule has 0 fully saturated rings. The Kier molecular flexibility index (Phi) is 4.16. The maximum Gasteiger partial charge on any atom is 0.220 e. The molecule has 1 aromatic heterocycles. The van der Waals surface area contributed by atoms with E-state index in [0.717, 1.165) is 11.0 Å². The number of H-pyrrole nitrogens is 1. The first-order valence-corrected chi connectivity index (χ1v) is 7.32. The highest BCUT2D eigenvalue weighted by atomic mass is 32.2. The first-order valence-electron chi connectivity index (χ1n) is 6.00. The number of aromatic amines is 1. The SMILES string of the molecule is CCNC(=O)CCS(=O)c1nc2ccc(N)cc2[nH]1. The molecule has 102 valence electrons. The molecule has 1 unspecified atom stereocenters. The number of anilines is 1. The zero-order valence-corrected chi connectivity index (χ0v) is 11.4. The Balaban J connectivity index is 2.07. The van der Waals surface area contributed by atoms with Crippen molar-refractivity contribution in [2.75, 3.05) is 18.0 Å². The van der Waals surface area contributed by atoms with Gasteiger partial charge < -0.3 is 16.0 Å². The van der Waals surface area contributed by atoms with Crippen LogP contribution in [-0.4, -0.2) is 32.4 Å². The van der Waals surface area contributed by atoms with E-state index in [9.17, 15) is 9.00 Å². The second kappa shape index (κ2) is 5.83. The summed E-state index contributed by atoms with van der Waals surface area (Å²) < 4.78 is 12.0. The van der Waals surface area contributed by atoms with Crippen LogP contribution < -0.4 is 11.1 Å². The van der Waals surface area contributed by atoms with Crippen LogP contribution in [0.15, 0.2) is 23.4 Å². The monoisotopic (exact) mass is 280 g/mol. The molecule has 0 bridgehead atoms. The van der Waals surface area contributed by atoms with E-state index in [2.05, 4.69) is 15.3 Å². The van der Waals surface area contributed by atoms with E-state index < -0.39 is 10.8 Å². The van der Waals surface area contributed by atoms with Crippen LogP contribution in [0.2, 0.25) is 0 Å². The average Bonchev–Trinajstić information content (AvgIpc) is 2.79. The molecular formula is C12H16N4O2S. The number of aromatic nitrogens is 2. The van der Waals surface area contributed by atoms with Crippen LogP contribution in [0.25, 0.3) is 11.0 Å². The maximum atomic E-state index is 12.0. The predicted octanol–water partition coefficient (Wildman–Crippen LogP) is 0.779. The normalized spacial score (nSPS) is 12.5. The molecule has 1 aromatic carbocycles. The number of hydrogen-bond donors (Lipinski definition) is 3. The minimum Gasteiger partial charge on any atom is -0.399 e. The molecule has 4 N–H and O–H groups in total. The summed E-state index contributed by atoms with van der Waals surface area (Å²) >= 11 is 0. The summed E-state index contributed by atoms with van der Waals surface area (Å²) in [5.41, 5.74) is 7.75. The molecule has 19 heavy (non-hydrogen) atoms. The number of nitrogens with one attached hydrogen (secondary N) is 2. The largest absolute Gasteiger partial charge is 0.399 e. The third-order valence-electron chi connectivity index (χ3n) is 2.59. The summed E-state index contributed by atoms with van der Waals surface area (Å²) in [6.45, 7) is 2.42. The van der Waals surface area contributed by atoms with E-state index in [0.29, 0.717) is 17.4 Å². The Labute approximate surface area is 113 Å². The number of benzene rings is 1. The van der Waals surface area contributed by atoms with Crippen molar-refractivity contribution in [1.82, 2.24) is 15.3 Å². The summed E-state index contributed by atoms with van der Waals surface area (Å²) in [5.74, 6) is 0.150. The lowest BCUT2D eigenvalue weighted by molar-refractivity contribution is -0.120. The third-order valence-corrected chi connectivity index (χ3v) is 3.79. The molecule has 1 amide bonds. The second-order valence-corrected chi connectivity index (χ2v) is 5.56. The highest BCUT2D eigenvalue weighted by Crippen LogP contribution is 2.16. The van der Waals surface area contributed by atoms with E-state index in [1.54, 1.807) is 18.2 Å². The van der Waals surface area contributed by atoms with Gasteiger partial charge in [0.25, 0.3) is 0 Å². The Morgan fingerprint density at radius 3 is 3.05 bits per heavy atom. The van der Waals surface area contributed by atoms with Gasteiger partial charge in [-0.2, -0.15) is 0 Å². The summed E-state index contributed by atoms with van der Waals surface area (Å²) in [4.78, 5) is 18.5. The summed E-state index contributed by atoms with van der Waals surface area (Å²) in [6.07, 6.45) is 0.222. The van der Waals surface area contributed by atoms with Crippen LogP contribution in [0.4, 0.5) is 5.69 Å². The highest BCUT2D eigenvalue weighted by molar-refractivity contribution is 7.84. The topological polar surface area (TPSA) is 101 Å². The molecule has 1 atom stereocenters. The molecule has 0 aliphatic rings. The van der Waals surface area contributed by atoms with E-state index in [-0.39, 0.29) is 18.1 Å². The van der Waals surface area contributed by atoms with Crippen molar-refractivity contribution in [3.05, 3.63) is 18.2 Å². The molecule has 0 radical (unpaired) electrons. The third kappa shape index (κ3) is 3.31. The smallest absolute Gasteiger partial charge is 0.220 e. The summed E-state index contributed by atoms with van der Waals surface area (Å²) in [5, 5.41) is 3.05. The standard InChI is InChI=1S/C12H16N4O2S/c1-2-14-11(17)5-6-19(18)12-15-9-4-3-8(13)7-10(9)16-12/h3-4,7H,2,5-6,13H2,1H3,(H,14,17)(H,15,16). The van der Waals surface area contributed by atoms with Gasteiger partial charge in [-0.1, -0.05) is 0 Å². The van der Waals surface area contributed by atoms with Gasteiger partial charge in [0, 0.05) is 24.4 Å². The Hall–Kier alpha value is -1.89. The van der Waals surface area contributed by atoms with Crippen LogP contribution in [0.5, 0.6) is 0 Å². The molecule has 0 saturated carbocycles. The number of nitrogens with two attached hydrogens (primary N) is 1. The number of carbonyl (C=O) groups is 1. The lowest BCUT2D eigenvalue weighted by Crippen LogP contribution is -2.24. The number of amides is 1. The maximum absolute atomic E-state index is 12.0. The molecule has 0 aliphatic heterocycles. The van der Waals surface area contributed by atoms with Crippen molar-refractivity contribution in [2.24, 2.45) is 0 Å². The quantitative estimate of drug-likeness (QED) is 0.704. The van der Waals surface area contributed by atoms with Crippen molar-refractivity contribution in [1.29, 1.82) is 0 Å². The molecule has 0 spiro atoms. The Bertz CT molecular complexity index is 623.